The number of carbonyl (C=O) groups is 1. The predicted octanol–water partition coefficient (Wildman–Crippen LogP) is 9.57. The SMILES string of the molecule is C/C=C\C(Cl)=C/N.CC.CC.CC.CCCC(C)c1cc(F)cc(C(F)(F)F)c1.CNC(=O)C1CC1. The summed E-state index contributed by atoms with van der Waals surface area (Å²) in [6.07, 6.45) is 4.22. The number of halogens is 5. The summed E-state index contributed by atoms with van der Waals surface area (Å²) in [7, 11) is 1.68. The molecule has 1 aromatic carbocycles. The van der Waals surface area contributed by atoms with E-state index in [4.69, 9.17) is 17.3 Å². The zero-order chi connectivity index (χ0) is 29.3. The van der Waals surface area contributed by atoms with Crippen molar-refractivity contribution in [3.05, 3.63) is 58.5 Å². The Hall–Kier alpha value is -2.02. The van der Waals surface area contributed by atoms with Gasteiger partial charge in [-0.05, 0) is 61.9 Å². The number of nitrogens with one attached hydrogen (secondary N) is 1. The van der Waals surface area contributed by atoms with Crippen molar-refractivity contribution in [3.63, 3.8) is 0 Å². The number of nitrogens with two attached hydrogens (primary N) is 1. The van der Waals surface area contributed by atoms with Gasteiger partial charge in [0.2, 0.25) is 5.91 Å². The third kappa shape index (κ3) is 22.4. The van der Waals surface area contributed by atoms with Gasteiger partial charge in [-0.15, -0.1) is 0 Å². The summed E-state index contributed by atoms with van der Waals surface area (Å²) in [5.41, 5.74) is 4.51. The third-order valence-corrected chi connectivity index (χ3v) is 4.47. The molecule has 1 aromatic rings. The number of hydrogen-bond donors (Lipinski definition) is 2. The normalized spacial score (nSPS) is 12.9. The average molecular weight is 541 g/mol. The number of carbonyl (C=O) groups excluding carboxylic acids is 1. The van der Waals surface area contributed by atoms with E-state index in [0.29, 0.717) is 22.6 Å². The van der Waals surface area contributed by atoms with Crippen LogP contribution in [0.4, 0.5) is 17.6 Å². The van der Waals surface area contributed by atoms with Crippen LogP contribution in [-0.4, -0.2) is 13.0 Å². The predicted molar refractivity (Wildman–Crippen MR) is 148 cm³/mol. The number of alkyl halides is 3. The first kappa shape index (κ1) is 41.1. The molecule has 1 saturated carbocycles. The molecule has 212 valence electrons. The van der Waals surface area contributed by atoms with Gasteiger partial charge in [-0.25, -0.2) is 4.39 Å². The van der Waals surface area contributed by atoms with Crippen molar-refractivity contribution in [2.24, 2.45) is 11.7 Å². The molecule has 3 nitrogen and oxygen atoms in total. The Morgan fingerprint density at radius 3 is 1.92 bits per heavy atom. The molecule has 0 radical (unpaired) electrons. The molecule has 1 atom stereocenters. The smallest absolute Gasteiger partial charge is 0.403 e. The van der Waals surface area contributed by atoms with Crippen molar-refractivity contribution >= 4 is 17.5 Å². The van der Waals surface area contributed by atoms with Crippen LogP contribution in [0.5, 0.6) is 0 Å². The summed E-state index contributed by atoms with van der Waals surface area (Å²) >= 11 is 5.41. The second kappa shape index (κ2) is 26.1. The van der Waals surface area contributed by atoms with Gasteiger partial charge in [0.15, 0.2) is 0 Å². The molecular weight excluding hydrogens is 492 g/mol. The van der Waals surface area contributed by atoms with E-state index < -0.39 is 17.6 Å². The number of amides is 1. The highest BCUT2D eigenvalue weighted by Crippen LogP contribution is 2.33. The van der Waals surface area contributed by atoms with Gasteiger partial charge >= 0.3 is 6.18 Å². The van der Waals surface area contributed by atoms with Crippen LogP contribution >= 0.6 is 11.6 Å². The fourth-order valence-electron chi connectivity index (χ4n) is 2.42. The average Bonchev–Trinajstić information content (AvgIpc) is 3.73. The van der Waals surface area contributed by atoms with E-state index in [-0.39, 0.29) is 11.8 Å². The Kier molecular flexibility index (Phi) is 29.8. The summed E-state index contributed by atoms with van der Waals surface area (Å²) in [5, 5.41) is 3.16. The number of rotatable bonds is 5. The molecule has 0 heterocycles. The first-order valence-electron chi connectivity index (χ1n) is 12.8. The van der Waals surface area contributed by atoms with Crippen molar-refractivity contribution in [3.8, 4) is 0 Å². The zero-order valence-electron chi connectivity index (χ0n) is 23.8. The van der Waals surface area contributed by atoms with Gasteiger partial charge in [-0.1, -0.05) is 79.5 Å². The minimum Gasteiger partial charge on any atom is -0.403 e. The van der Waals surface area contributed by atoms with Crippen LogP contribution in [0.3, 0.4) is 0 Å². The highest BCUT2D eigenvalue weighted by molar-refractivity contribution is 6.31. The quantitative estimate of drug-likeness (QED) is 0.288. The van der Waals surface area contributed by atoms with E-state index in [1.54, 1.807) is 20.0 Å². The van der Waals surface area contributed by atoms with Crippen LogP contribution in [0.15, 0.2) is 41.6 Å². The van der Waals surface area contributed by atoms with Crippen molar-refractivity contribution in [1.29, 1.82) is 0 Å². The summed E-state index contributed by atoms with van der Waals surface area (Å²) in [5.74, 6) is -0.306. The summed E-state index contributed by atoms with van der Waals surface area (Å²) in [4.78, 5) is 10.5. The van der Waals surface area contributed by atoms with Crippen LogP contribution in [0.2, 0.25) is 0 Å². The van der Waals surface area contributed by atoms with Crippen molar-refractivity contribution in [2.45, 2.75) is 100 Å². The third-order valence-electron chi connectivity index (χ3n) is 4.22. The zero-order valence-corrected chi connectivity index (χ0v) is 24.6. The van der Waals surface area contributed by atoms with Gasteiger partial charge in [-0.2, -0.15) is 13.2 Å². The van der Waals surface area contributed by atoms with Gasteiger partial charge in [0, 0.05) is 19.2 Å². The van der Waals surface area contributed by atoms with Gasteiger partial charge < -0.3 is 11.1 Å². The fourth-order valence-corrected chi connectivity index (χ4v) is 2.55. The topological polar surface area (TPSA) is 55.1 Å². The van der Waals surface area contributed by atoms with Gasteiger partial charge in [0.25, 0.3) is 0 Å². The van der Waals surface area contributed by atoms with Gasteiger partial charge in [0.05, 0.1) is 10.6 Å². The number of allylic oxidation sites excluding steroid dienone is 3. The Bertz CT molecular complexity index is 716. The number of hydrogen-bond acceptors (Lipinski definition) is 2. The molecule has 1 fully saturated rings. The lowest BCUT2D eigenvalue weighted by atomic mass is 9.95. The molecule has 1 aliphatic carbocycles. The van der Waals surface area contributed by atoms with Crippen LogP contribution in [0, 0.1) is 11.7 Å². The van der Waals surface area contributed by atoms with E-state index in [2.05, 4.69) is 5.32 Å². The molecule has 8 heteroatoms. The molecule has 1 amide bonds. The van der Waals surface area contributed by atoms with E-state index in [9.17, 15) is 22.4 Å². The monoisotopic (exact) mass is 540 g/mol. The molecule has 1 aliphatic rings. The maximum atomic E-state index is 13.1. The highest BCUT2D eigenvalue weighted by atomic mass is 35.5. The molecule has 2 rings (SSSR count). The number of benzene rings is 1. The van der Waals surface area contributed by atoms with Crippen LogP contribution in [0.1, 0.15) is 105 Å². The largest absolute Gasteiger partial charge is 0.416 e. The summed E-state index contributed by atoms with van der Waals surface area (Å²) in [6, 6.07) is 2.74. The molecule has 0 aromatic heterocycles. The first-order valence-corrected chi connectivity index (χ1v) is 13.2. The minimum atomic E-state index is -4.48. The van der Waals surface area contributed by atoms with E-state index in [1.165, 1.54) is 12.3 Å². The van der Waals surface area contributed by atoms with Gasteiger partial charge in [-0.3, -0.25) is 4.79 Å². The molecule has 0 bridgehead atoms. The Morgan fingerprint density at radius 2 is 1.64 bits per heavy atom. The lowest BCUT2D eigenvalue weighted by Gasteiger charge is -2.14. The summed E-state index contributed by atoms with van der Waals surface area (Å²) in [6.45, 7) is 17.6. The molecular formula is C28H49ClF4N2O. The second-order valence-corrected chi connectivity index (χ2v) is 7.34. The molecule has 0 saturated heterocycles. The highest BCUT2D eigenvalue weighted by Gasteiger charge is 2.31. The van der Waals surface area contributed by atoms with Crippen LogP contribution in [-0.2, 0) is 11.0 Å². The molecule has 0 spiro atoms. The van der Waals surface area contributed by atoms with Gasteiger partial charge in [0.1, 0.15) is 5.82 Å². The first-order chi connectivity index (χ1) is 17.0. The van der Waals surface area contributed by atoms with Crippen molar-refractivity contribution < 1.29 is 22.4 Å². The lowest BCUT2D eigenvalue weighted by Crippen LogP contribution is -2.18. The van der Waals surface area contributed by atoms with Crippen LogP contribution < -0.4 is 11.1 Å². The van der Waals surface area contributed by atoms with Crippen molar-refractivity contribution in [2.75, 3.05) is 7.05 Å². The maximum absolute atomic E-state index is 13.1. The standard InChI is InChI=1S/C12H14F4.C5H8ClN.C5H9NO.3C2H6/c1-3-4-8(2)9-5-10(12(14,15)16)7-11(13)6-9;1-2-3-5(6)4-7;1-6-5(7)4-2-3-4;3*1-2/h5-8H,3-4H2,1-2H3;2-4H,7H2,1H3;4H,2-3H2,1H3,(H,6,7);3*1-2H3/b;3-2-,5-4+;;;;. The Labute approximate surface area is 222 Å². The Morgan fingerprint density at radius 1 is 1.14 bits per heavy atom. The fraction of sp³-hybridized carbons (Fsp3) is 0.607. The minimum absolute atomic E-state index is 0.0539. The van der Waals surface area contributed by atoms with Crippen molar-refractivity contribution in [1.82, 2.24) is 5.32 Å². The Balaban J connectivity index is -0.000000214. The molecule has 3 N–H and O–H groups in total. The maximum Gasteiger partial charge on any atom is 0.416 e. The molecule has 0 aliphatic heterocycles. The van der Waals surface area contributed by atoms with E-state index in [1.807, 2.05) is 61.5 Å². The van der Waals surface area contributed by atoms with Crippen LogP contribution in [0.25, 0.3) is 0 Å². The second-order valence-electron chi connectivity index (χ2n) is 6.90. The molecule has 1 unspecified atom stereocenters. The van der Waals surface area contributed by atoms with E-state index in [0.717, 1.165) is 31.7 Å². The summed E-state index contributed by atoms with van der Waals surface area (Å²) < 4.78 is 50.4. The molecule has 36 heavy (non-hydrogen) atoms. The lowest BCUT2D eigenvalue weighted by molar-refractivity contribution is -0.137. The van der Waals surface area contributed by atoms with E-state index >= 15 is 0 Å².